The highest BCUT2D eigenvalue weighted by Crippen LogP contribution is 2.44. The summed E-state index contributed by atoms with van der Waals surface area (Å²) in [6.45, 7) is 0. The van der Waals surface area contributed by atoms with E-state index >= 15 is 0 Å². The van der Waals surface area contributed by atoms with Crippen LogP contribution in [0.4, 0.5) is 0 Å². The van der Waals surface area contributed by atoms with E-state index in [4.69, 9.17) is 12.4 Å². The Balaban J connectivity index is 2.37. The van der Waals surface area contributed by atoms with Crippen LogP contribution in [0.5, 0.6) is 0 Å². The molecule has 3 nitrogen and oxygen atoms in total. The first kappa shape index (κ1) is 11.7. The molecule has 1 aliphatic rings. The average molecular weight is 212 g/mol. The number of rotatable bonds is 5. The molecule has 14 heavy (non-hydrogen) atoms. The summed E-state index contributed by atoms with van der Waals surface area (Å²) in [6, 6.07) is 0.436. The molecule has 0 fully saturated rings. The van der Waals surface area contributed by atoms with Gasteiger partial charge in [0, 0.05) is 13.3 Å². The fourth-order valence-electron chi connectivity index (χ4n) is 1.55. The first-order valence-corrected chi connectivity index (χ1v) is 6.52. The summed E-state index contributed by atoms with van der Waals surface area (Å²) in [5.41, 5.74) is 0. The Morgan fingerprint density at radius 2 is 2.36 bits per heavy atom. The molecule has 76 valence electrons. The van der Waals surface area contributed by atoms with Gasteiger partial charge in [0.2, 0.25) is 6.03 Å². The van der Waals surface area contributed by atoms with E-state index in [2.05, 4.69) is 0 Å². The zero-order valence-corrected chi connectivity index (χ0v) is 9.15. The first-order valence-electron chi connectivity index (χ1n) is 4.64. The Morgan fingerprint density at radius 3 is 2.79 bits per heavy atom. The van der Waals surface area contributed by atoms with E-state index in [0.29, 0.717) is 24.5 Å². The van der Waals surface area contributed by atoms with Gasteiger partial charge in [0.05, 0.1) is 7.85 Å². The Morgan fingerprint density at radius 1 is 1.64 bits per heavy atom. The lowest BCUT2D eigenvalue weighted by atomic mass is 9.85. The molecule has 0 saturated carbocycles. The normalized spacial score (nSPS) is 30.1. The fraction of sp³-hybridized carbons (Fsp3) is 0.667. The van der Waals surface area contributed by atoms with Gasteiger partial charge in [-0.25, -0.2) is 0 Å². The third-order valence-electron chi connectivity index (χ3n) is 2.49. The zero-order valence-electron chi connectivity index (χ0n) is 8.26. The van der Waals surface area contributed by atoms with Crippen molar-refractivity contribution in [3.63, 3.8) is 0 Å². The molecule has 0 aromatic rings. The third-order valence-corrected chi connectivity index (χ3v) is 4.31. The van der Waals surface area contributed by atoms with Crippen molar-refractivity contribution in [2.24, 2.45) is 5.92 Å². The van der Waals surface area contributed by atoms with Crippen molar-refractivity contribution in [1.82, 2.24) is 0 Å². The smallest absolute Gasteiger partial charge is 0.263 e. The standard InChI is InChI=1S/C9H14BO3P/c1-13-14(12,7-11)5-4-8-2-3-9(10)6-8/h2-3,7-9H,4-6H2,1H3. The van der Waals surface area contributed by atoms with Gasteiger partial charge in [-0.05, 0) is 18.8 Å². The van der Waals surface area contributed by atoms with Crippen LogP contribution in [0.2, 0.25) is 5.82 Å². The van der Waals surface area contributed by atoms with Gasteiger partial charge in [-0.3, -0.25) is 9.36 Å². The third kappa shape index (κ3) is 3.11. The van der Waals surface area contributed by atoms with E-state index in [1.54, 1.807) is 0 Å². The predicted molar refractivity (Wildman–Crippen MR) is 57.6 cm³/mol. The molecule has 0 heterocycles. The molecule has 5 heteroatoms. The van der Waals surface area contributed by atoms with Crippen molar-refractivity contribution in [2.75, 3.05) is 13.3 Å². The Kier molecular flexibility index (Phi) is 4.15. The molecule has 0 amide bonds. The van der Waals surface area contributed by atoms with Crippen LogP contribution >= 0.6 is 7.37 Å². The van der Waals surface area contributed by atoms with Gasteiger partial charge in [-0.1, -0.05) is 18.0 Å². The van der Waals surface area contributed by atoms with Gasteiger partial charge in [-0.2, -0.15) is 0 Å². The van der Waals surface area contributed by atoms with Crippen LogP contribution in [-0.2, 0) is 13.9 Å². The van der Waals surface area contributed by atoms with Crippen molar-refractivity contribution in [2.45, 2.75) is 18.7 Å². The monoisotopic (exact) mass is 212 g/mol. The van der Waals surface area contributed by atoms with E-state index < -0.39 is 7.37 Å². The van der Waals surface area contributed by atoms with Gasteiger partial charge in [0.15, 0.2) is 0 Å². The fourth-order valence-corrected chi connectivity index (χ4v) is 2.62. The van der Waals surface area contributed by atoms with E-state index in [-0.39, 0.29) is 5.82 Å². The summed E-state index contributed by atoms with van der Waals surface area (Å²) in [6.07, 6.45) is 5.87. The summed E-state index contributed by atoms with van der Waals surface area (Å²) in [5, 5.41) is 0. The van der Waals surface area contributed by atoms with Gasteiger partial charge >= 0.3 is 0 Å². The molecule has 0 spiro atoms. The maximum atomic E-state index is 11.5. The van der Waals surface area contributed by atoms with Crippen LogP contribution in [0.1, 0.15) is 12.8 Å². The maximum Gasteiger partial charge on any atom is 0.263 e. The second-order valence-corrected chi connectivity index (χ2v) is 6.05. The zero-order chi connectivity index (χ0) is 10.6. The van der Waals surface area contributed by atoms with Crippen LogP contribution in [0.25, 0.3) is 0 Å². The van der Waals surface area contributed by atoms with Crippen LogP contribution in [-0.4, -0.2) is 27.1 Å². The van der Waals surface area contributed by atoms with Crippen molar-refractivity contribution in [3.05, 3.63) is 12.2 Å². The first-order chi connectivity index (χ1) is 6.59. The van der Waals surface area contributed by atoms with E-state index in [9.17, 15) is 9.36 Å². The van der Waals surface area contributed by atoms with Gasteiger partial charge in [-0.15, -0.1) is 0 Å². The highest BCUT2D eigenvalue weighted by molar-refractivity contribution is 7.73. The van der Waals surface area contributed by atoms with Crippen LogP contribution in [0.15, 0.2) is 12.2 Å². The molecule has 0 aromatic carbocycles. The lowest BCUT2D eigenvalue weighted by molar-refractivity contribution is 0.397. The molecule has 0 N–H and O–H groups in total. The number of allylic oxidation sites excluding steroid dienone is 2. The number of hydrogen-bond donors (Lipinski definition) is 0. The Hall–Kier alpha value is -0.335. The molecule has 3 atom stereocenters. The van der Waals surface area contributed by atoms with E-state index in [1.165, 1.54) is 7.11 Å². The summed E-state index contributed by atoms with van der Waals surface area (Å²) in [5.74, 6) is 0.451. The second kappa shape index (κ2) is 4.95. The Bertz CT molecular complexity index is 277. The van der Waals surface area contributed by atoms with Crippen molar-refractivity contribution in [1.29, 1.82) is 0 Å². The highest BCUT2D eigenvalue weighted by Gasteiger charge is 2.23. The minimum atomic E-state index is -3.01. The SMILES string of the molecule is [B]C1C=CC(CCP(=O)(C=O)OC)C1. The van der Waals surface area contributed by atoms with Crippen molar-refractivity contribution in [3.8, 4) is 0 Å². The summed E-state index contributed by atoms with van der Waals surface area (Å²) < 4.78 is 16.2. The largest absolute Gasteiger partial charge is 0.327 e. The lowest BCUT2D eigenvalue weighted by Crippen LogP contribution is -2.01. The van der Waals surface area contributed by atoms with E-state index in [1.807, 2.05) is 12.2 Å². The van der Waals surface area contributed by atoms with Crippen LogP contribution in [0, 0.1) is 5.92 Å². The number of carbonyl (C=O) groups excluding carboxylic acids is 1. The molecule has 0 bridgehead atoms. The maximum absolute atomic E-state index is 11.5. The minimum Gasteiger partial charge on any atom is -0.327 e. The molecule has 0 saturated heterocycles. The lowest BCUT2D eigenvalue weighted by Gasteiger charge is -2.12. The topological polar surface area (TPSA) is 43.4 Å². The van der Waals surface area contributed by atoms with Gasteiger partial charge in [0.1, 0.15) is 0 Å². The van der Waals surface area contributed by atoms with Crippen molar-refractivity contribution < 1.29 is 13.9 Å². The van der Waals surface area contributed by atoms with Crippen LogP contribution < -0.4 is 0 Å². The molecule has 1 rings (SSSR count). The van der Waals surface area contributed by atoms with Gasteiger partial charge in [0.25, 0.3) is 7.37 Å². The number of carbonyl (C=O) groups is 1. The quantitative estimate of drug-likeness (QED) is 0.303. The molecule has 0 aliphatic heterocycles. The Labute approximate surface area is 85.8 Å². The minimum absolute atomic E-state index is 0.109. The molecule has 1 aliphatic carbocycles. The molecular formula is C9H14BO3P. The van der Waals surface area contributed by atoms with Crippen molar-refractivity contribution >= 4 is 21.2 Å². The molecule has 3 unspecified atom stereocenters. The predicted octanol–water partition coefficient (Wildman–Crippen LogP) is 2.02. The van der Waals surface area contributed by atoms with Gasteiger partial charge < -0.3 is 4.52 Å². The number of hydrogen-bond acceptors (Lipinski definition) is 3. The average Bonchev–Trinajstić information content (AvgIpc) is 2.61. The van der Waals surface area contributed by atoms with E-state index in [0.717, 1.165) is 6.42 Å². The highest BCUT2D eigenvalue weighted by atomic mass is 31.2. The van der Waals surface area contributed by atoms with Crippen LogP contribution in [0.3, 0.4) is 0 Å². The molecule has 0 aromatic heterocycles. The molecule has 2 radical (unpaired) electrons. The second-order valence-electron chi connectivity index (χ2n) is 3.57. The molecular weight excluding hydrogens is 198 g/mol. The summed E-state index contributed by atoms with van der Waals surface area (Å²) in [7, 11) is 3.98. The summed E-state index contributed by atoms with van der Waals surface area (Å²) >= 11 is 0. The summed E-state index contributed by atoms with van der Waals surface area (Å²) in [4.78, 5) is 10.5.